The van der Waals surface area contributed by atoms with E-state index in [1.807, 2.05) is 13.0 Å². The van der Waals surface area contributed by atoms with E-state index in [1.165, 1.54) is 0 Å². The van der Waals surface area contributed by atoms with E-state index in [1.54, 1.807) is 40.8 Å². The lowest BCUT2D eigenvalue weighted by molar-refractivity contribution is -0.143. The zero-order valence-electron chi connectivity index (χ0n) is 8.68. The Balaban J connectivity index is 2.52. The highest BCUT2D eigenvalue weighted by molar-refractivity contribution is 14.1. The lowest BCUT2D eigenvalue weighted by Gasteiger charge is -2.01. The van der Waals surface area contributed by atoms with Gasteiger partial charge in [0.25, 0.3) is 0 Å². The van der Waals surface area contributed by atoms with Crippen LogP contribution >= 0.6 is 22.6 Å². The number of nitrogens with zero attached hydrogens (tertiary/aromatic N) is 1. The molecule has 0 aliphatic rings. The van der Waals surface area contributed by atoms with Gasteiger partial charge in [0.1, 0.15) is 0 Å². The molecule has 0 amide bonds. The summed E-state index contributed by atoms with van der Waals surface area (Å²) in [4.78, 5) is 0. The number of halogens is 4. The Bertz CT molecular complexity index is 548. The summed E-state index contributed by atoms with van der Waals surface area (Å²) in [6, 6.07) is 7.06. The van der Waals surface area contributed by atoms with Crippen LogP contribution in [0.3, 0.4) is 0 Å². The van der Waals surface area contributed by atoms with Crippen molar-refractivity contribution in [1.82, 2.24) is 5.16 Å². The van der Waals surface area contributed by atoms with Crippen LogP contribution in [0.25, 0.3) is 11.3 Å². The van der Waals surface area contributed by atoms with Crippen molar-refractivity contribution >= 4 is 22.6 Å². The van der Waals surface area contributed by atoms with Crippen LogP contribution in [0.4, 0.5) is 13.2 Å². The van der Waals surface area contributed by atoms with Crippen LogP contribution in [0.2, 0.25) is 0 Å². The molecule has 2 nitrogen and oxygen atoms in total. The van der Waals surface area contributed by atoms with E-state index in [9.17, 15) is 13.2 Å². The molecule has 0 N–H and O–H groups in total. The van der Waals surface area contributed by atoms with Crippen LogP contribution in [0.5, 0.6) is 0 Å². The summed E-state index contributed by atoms with van der Waals surface area (Å²) in [6.45, 7) is 1.86. The van der Waals surface area contributed by atoms with Gasteiger partial charge in [0.2, 0.25) is 5.69 Å². The van der Waals surface area contributed by atoms with Gasteiger partial charge in [0.15, 0.2) is 5.76 Å². The van der Waals surface area contributed by atoms with Gasteiger partial charge in [-0.05, 0) is 35.6 Å². The van der Waals surface area contributed by atoms with E-state index in [2.05, 4.69) is 5.16 Å². The molecule has 0 spiro atoms. The third kappa shape index (κ3) is 2.46. The van der Waals surface area contributed by atoms with Gasteiger partial charge in [-0.15, -0.1) is 0 Å². The van der Waals surface area contributed by atoms with Crippen LogP contribution in [0.1, 0.15) is 11.3 Å². The summed E-state index contributed by atoms with van der Waals surface area (Å²) in [5, 5.41) is 3.09. The van der Waals surface area contributed by atoms with E-state index in [0.717, 1.165) is 5.56 Å². The molecule has 2 aromatic rings. The Morgan fingerprint density at radius 3 is 2.53 bits per heavy atom. The first-order valence-corrected chi connectivity index (χ1v) is 5.77. The van der Waals surface area contributed by atoms with Crippen molar-refractivity contribution in [2.75, 3.05) is 0 Å². The average Bonchev–Trinajstić information content (AvgIpc) is 2.59. The first kappa shape index (κ1) is 12.4. The van der Waals surface area contributed by atoms with E-state index in [-0.39, 0.29) is 9.33 Å². The second-order valence-corrected chi connectivity index (χ2v) is 4.62. The molecular formula is C11H7F3INO. The minimum absolute atomic E-state index is 0.0132. The fourth-order valence-electron chi connectivity index (χ4n) is 1.42. The summed E-state index contributed by atoms with van der Waals surface area (Å²) in [5.41, 5.74) is 0.565. The van der Waals surface area contributed by atoms with Crippen molar-refractivity contribution in [3.05, 3.63) is 39.1 Å². The molecule has 0 radical (unpaired) electrons. The predicted molar refractivity (Wildman–Crippen MR) is 64.4 cm³/mol. The highest BCUT2D eigenvalue weighted by Crippen LogP contribution is 2.37. The maximum atomic E-state index is 12.5. The number of alkyl halides is 3. The number of benzene rings is 1. The number of aromatic nitrogens is 1. The zero-order chi connectivity index (χ0) is 12.6. The Hall–Kier alpha value is -1.05. The fourth-order valence-corrected chi connectivity index (χ4v) is 2.24. The van der Waals surface area contributed by atoms with Gasteiger partial charge in [0.05, 0.1) is 3.57 Å². The van der Waals surface area contributed by atoms with Crippen LogP contribution < -0.4 is 0 Å². The second-order valence-electron chi connectivity index (χ2n) is 3.54. The summed E-state index contributed by atoms with van der Waals surface area (Å²) < 4.78 is 42.4. The first-order chi connectivity index (χ1) is 7.89. The topological polar surface area (TPSA) is 26.0 Å². The first-order valence-electron chi connectivity index (χ1n) is 4.69. The molecule has 0 bridgehead atoms. The second kappa shape index (κ2) is 4.32. The van der Waals surface area contributed by atoms with Crippen LogP contribution in [0, 0.1) is 10.5 Å². The van der Waals surface area contributed by atoms with Crippen molar-refractivity contribution in [3.8, 4) is 11.3 Å². The molecule has 0 saturated carbocycles. The molecule has 1 aromatic heterocycles. The van der Waals surface area contributed by atoms with Crippen LogP contribution in [-0.4, -0.2) is 5.16 Å². The van der Waals surface area contributed by atoms with Crippen molar-refractivity contribution in [2.45, 2.75) is 13.1 Å². The maximum Gasteiger partial charge on any atom is 0.437 e. The molecule has 2 rings (SSSR count). The molecule has 17 heavy (non-hydrogen) atoms. The summed E-state index contributed by atoms with van der Waals surface area (Å²) >= 11 is 1.60. The smallest absolute Gasteiger partial charge is 0.355 e. The number of hydrogen-bond donors (Lipinski definition) is 0. The molecule has 0 atom stereocenters. The average molecular weight is 353 g/mol. The van der Waals surface area contributed by atoms with Gasteiger partial charge in [-0.1, -0.05) is 28.9 Å². The SMILES string of the molecule is Cc1cccc(-c2onc(C(F)(F)F)c2I)c1. The molecule has 0 saturated heterocycles. The summed E-state index contributed by atoms with van der Waals surface area (Å²) in [6.07, 6.45) is -4.48. The summed E-state index contributed by atoms with van der Waals surface area (Å²) in [5.74, 6) is 0.154. The highest BCUT2D eigenvalue weighted by Gasteiger charge is 2.38. The molecule has 0 fully saturated rings. The number of aryl methyl sites for hydroxylation is 1. The quantitative estimate of drug-likeness (QED) is 0.716. The normalized spacial score (nSPS) is 11.8. The largest absolute Gasteiger partial charge is 0.437 e. The van der Waals surface area contributed by atoms with E-state index in [0.29, 0.717) is 5.56 Å². The number of rotatable bonds is 1. The number of hydrogen-bond acceptors (Lipinski definition) is 2. The minimum atomic E-state index is -4.48. The van der Waals surface area contributed by atoms with Gasteiger partial charge in [-0.2, -0.15) is 13.2 Å². The molecule has 6 heteroatoms. The molecule has 0 aliphatic heterocycles. The van der Waals surface area contributed by atoms with E-state index < -0.39 is 11.9 Å². The molecule has 1 aromatic carbocycles. The molecule has 0 unspecified atom stereocenters. The van der Waals surface area contributed by atoms with Gasteiger partial charge >= 0.3 is 6.18 Å². The van der Waals surface area contributed by atoms with Crippen LogP contribution in [-0.2, 0) is 6.18 Å². The lowest BCUT2D eigenvalue weighted by atomic mass is 10.1. The van der Waals surface area contributed by atoms with Gasteiger partial charge < -0.3 is 4.52 Å². The van der Waals surface area contributed by atoms with Crippen molar-refractivity contribution < 1.29 is 17.7 Å². The van der Waals surface area contributed by atoms with Crippen molar-refractivity contribution in [3.63, 3.8) is 0 Å². The molecule has 1 heterocycles. The molecular weight excluding hydrogens is 346 g/mol. The van der Waals surface area contributed by atoms with Crippen LogP contribution in [0.15, 0.2) is 28.8 Å². The summed E-state index contributed by atoms with van der Waals surface area (Å²) in [7, 11) is 0. The van der Waals surface area contributed by atoms with Gasteiger partial charge in [0, 0.05) is 5.56 Å². The third-order valence-electron chi connectivity index (χ3n) is 2.18. The Morgan fingerprint density at radius 1 is 1.29 bits per heavy atom. The molecule has 90 valence electrons. The Morgan fingerprint density at radius 2 is 2.00 bits per heavy atom. The third-order valence-corrected chi connectivity index (χ3v) is 3.19. The minimum Gasteiger partial charge on any atom is -0.355 e. The molecule has 0 aliphatic carbocycles. The van der Waals surface area contributed by atoms with Crippen molar-refractivity contribution in [1.29, 1.82) is 0 Å². The predicted octanol–water partition coefficient (Wildman–Crippen LogP) is 4.27. The van der Waals surface area contributed by atoms with E-state index >= 15 is 0 Å². The Kier molecular flexibility index (Phi) is 3.15. The zero-order valence-corrected chi connectivity index (χ0v) is 10.8. The fraction of sp³-hybridized carbons (Fsp3) is 0.182. The standard InChI is InChI=1S/C11H7F3INO/c1-6-3-2-4-7(5-6)9-8(15)10(16-17-9)11(12,13)14/h2-5H,1H3. The maximum absolute atomic E-state index is 12.5. The van der Waals surface area contributed by atoms with Gasteiger partial charge in [-0.25, -0.2) is 0 Å². The van der Waals surface area contributed by atoms with E-state index in [4.69, 9.17) is 4.52 Å². The highest BCUT2D eigenvalue weighted by atomic mass is 127. The lowest BCUT2D eigenvalue weighted by Crippen LogP contribution is -2.07. The van der Waals surface area contributed by atoms with Crippen molar-refractivity contribution in [2.24, 2.45) is 0 Å². The van der Waals surface area contributed by atoms with Gasteiger partial charge in [-0.3, -0.25) is 0 Å². The monoisotopic (exact) mass is 353 g/mol. The Labute approximate surface area is 109 Å².